The maximum atomic E-state index is 13.1. The summed E-state index contributed by atoms with van der Waals surface area (Å²) in [5.74, 6) is 0.321. The zero-order chi connectivity index (χ0) is 22.0. The molecule has 2 amide bonds. The first-order valence-corrected chi connectivity index (χ1v) is 11.5. The number of carbonyl (C=O) groups excluding carboxylic acids is 2. The number of nitrogens with zero attached hydrogens (tertiary/aromatic N) is 1. The molecular formula is C24H38N4O2. The number of hydrogen-bond donors (Lipinski definition) is 3. The molecule has 1 heterocycles. The molecule has 2 rings (SSSR count). The zero-order valence-corrected chi connectivity index (χ0v) is 18.9. The summed E-state index contributed by atoms with van der Waals surface area (Å²) in [6.07, 6.45) is 8.54. The van der Waals surface area contributed by atoms with Crippen molar-refractivity contribution < 1.29 is 9.59 Å². The van der Waals surface area contributed by atoms with Crippen LogP contribution in [0.2, 0.25) is 0 Å². The minimum atomic E-state index is -0.587. The smallest absolute Gasteiger partial charge is 0.255 e. The van der Waals surface area contributed by atoms with Gasteiger partial charge in [0, 0.05) is 18.7 Å². The van der Waals surface area contributed by atoms with Gasteiger partial charge in [-0.25, -0.2) is 0 Å². The van der Waals surface area contributed by atoms with Crippen molar-refractivity contribution in [3.8, 4) is 0 Å². The van der Waals surface area contributed by atoms with Gasteiger partial charge in [0.2, 0.25) is 5.91 Å². The van der Waals surface area contributed by atoms with Crippen LogP contribution in [0.15, 0.2) is 24.3 Å². The second kappa shape index (κ2) is 11.7. The van der Waals surface area contributed by atoms with Crippen molar-refractivity contribution in [2.75, 3.05) is 11.9 Å². The van der Waals surface area contributed by atoms with E-state index in [4.69, 9.17) is 5.41 Å². The molecular weight excluding hydrogens is 376 g/mol. The van der Waals surface area contributed by atoms with Gasteiger partial charge in [0.15, 0.2) is 5.96 Å². The maximum Gasteiger partial charge on any atom is 0.255 e. The van der Waals surface area contributed by atoms with Crippen molar-refractivity contribution in [1.29, 1.82) is 5.41 Å². The van der Waals surface area contributed by atoms with Crippen LogP contribution in [0.4, 0.5) is 5.69 Å². The third-order valence-corrected chi connectivity index (χ3v) is 5.78. The van der Waals surface area contributed by atoms with Gasteiger partial charge in [0.1, 0.15) is 5.54 Å². The lowest BCUT2D eigenvalue weighted by molar-refractivity contribution is -0.131. The van der Waals surface area contributed by atoms with Crippen molar-refractivity contribution in [1.82, 2.24) is 10.2 Å². The van der Waals surface area contributed by atoms with Crippen LogP contribution >= 0.6 is 0 Å². The number of unbranched alkanes of at least 4 members (excludes halogenated alkanes) is 4. The fourth-order valence-electron chi connectivity index (χ4n) is 4.02. The summed E-state index contributed by atoms with van der Waals surface area (Å²) >= 11 is 0. The molecule has 0 atom stereocenters. The standard InChI is InChI=1S/C24H38N4O2/c1-4-6-15-24(16-7-5-2)22(30)28(23(25)27-24)17-10-8-9-14-21(29)26-20-13-11-12-19(3)18-20/h11-13,18H,4-10,14-17H2,1-3H3,(H2,25,27)(H,26,29). The summed E-state index contributed by atoms with van der Waals surface area (Å²) in [5, 5.41) is 14.4. The van der Waals surface area contributed by atoms with E-state index in [1.54, 1.807) is 4.90 Å². The molecule has 0 saturated carbocycles. The quantitative estimate of drug-likeness (QED) is 0.398. The fraction of sp³-hybridized carbons (Fsp3) is 0.625. The highest BCUT2D eigenvalue weighted by Gasteiger charge is 2.47. The number of guanidine groups is 1. The molecule has 30 heavy (non-hydrogen) atoms. The minimum absolute atomic E-state index is 0.0189. The molecule has 6 heteroatoms. The van der Waals surface area contributed by atoms with E-state index in [1.165, 1.54) is 0 Å². The highest BCUT2D eigenvalue weighted by molar-refractivity contribution is 6.07. The van der Waals surface area contributed by atoms with E-state index in [9.17, 15) is 9.59 Å². The van der Waals surface area contributed by atoms with Crippen LogP contribution in [0.1, 0.15) is 83.6 Å². The number of aryl methyl sites for hydroxylation is 1. The Labute approximate surface area is 181 Å². The average Bonchev–Trinajstić information content (AvgIpc) is 2.94. The SMILES string of the molecule is CCCCC1(CCCC)NC(=N)N(CCCCCC(=O)Nc2cccc(C)c2)C1=O. The Hall–Kier alpha value is -2.37. The van der Waals surface area contributed by atoms with Gasteiger partial charge in [-0.2, -0.15) is 0 Å². The number of anilines is 1. The summed E-state index contributed by atoms with van der Waals surface area (Å²) in [6, 6.07) is 7.79. The Bertz CT molecular complexity index is 724. The molecule has 1 aliphatic rings. The van der Waals surface area contributed by atoms with Gasteiger partial charge < -0.3 is 10.6 Å². The van der Waals surface area contributed by atoms with Crippen LogP contribution in [0.25, 0.3) is 0 Å². The average molecular weight is 415 g/mol. The van der Waals surface area contributed by atoms with E-state index in [0.717, 1.165) is 69.0 Å². The monoisotopic (exact) mass is 414 g/mol. The van der Waals surface area contributed by atoms with E-state index in [-0.39, 0.29) is 17.8 Å². The van der Waals surface area contributed by atoms with Crippen LogP contribution in [0, 0.1) is 12.3 Å². The number of rotatable bonds is 13. The van der Waals surface area contributed by atoms with Crippen molar-refractivity contribution in [3.63, 3.8) is 0 Å². The van der Waals surface area contributed by atoms with Gasteiger partial charge in [-0.3, -0.25) is 19.9 Å². The minimum Gasteiger partial charge on any atom is -0.342 e. The highest BCUT2D eigenvalue weighted by atomic mass is 16.2. The summed E-state index contributed by atoms with van der Waals surface area (Å²) < 4.78 is 0. The number of benzene rings is 1. The lowest BCUT2D eigenvalue weighted by atomic mass is 9.87. The van der Waals surface area contributed by atoms with Gasteiger partial charge in [0.05, 0.1) is 0 Å². The zero-order valence-electron chi connectivity index (χ0n) is 18.9. The van der Waals surface area contributed by atoms with Crippen LogP contribution < -0.4 is 10.6 Å². The van der Waals surface area contributed by atoms with Gasteiger partial charge in [-0.15, -0.1) is 0 Å². The molecule has 0 spiro atoms. The van der Waals surface area contributed by atoms with E-state index in [1.807, 2.05) is 31.2 Å². The summed E-state index contributed by atoms with van der Waals surface area (Å²) in [5.41, 5.74) is 1.36. The van der Waals surface area contributed by atoms with Crippen molar-refractivity contribution in [3.05, 3.63) is 29.8 Å². The number of carbonyl (C=O) groups is 2. The Morgan fingerprint density at radius 3 is 2.43 bits per heavy atom. The summed E-state index contributed by atoms with van der Waals surface area (Å²) in [4.78, 5) is 26.8. The Morgan fingerprint density at radius 2 is 1.80 bits per heavy atom. The summed E-state index contributed by atoms with van der Waals surface area (Å²) in [7, 11) is 0. The van der Waals surface area contributed by atoms with E-state index >= 15 is 0 Å². The Morgan fingerprint density at radius 1 is 1.10 bits per heavy atom. The first-order chi connectivity index (χ1) is 14.4. The predicted molar refractivity (Wildman–Crippen MR) is 123 cm³/mol. The largest absolute Gasteiger partial charge is 0.342 e. The molecule has 166 valence electrons. The van der Waals surface area contributed by atoms with Crippen LogP contribution in [-0.2, 0) is 9.59 Å². The maximum absolute atomic E-state index is 13.1. The molecule has 0 aliphatic carbocycles. The molecule has 1 aromatic carbocycles. The molecule has 0 radical (unpaired) electrons. The van der Waals surface area contributed by atoms with Crippen molar-refractivity contribution in [2.24, 2.45) is 0 Å². The van der Waals surface area contributed by atoms with Gasteiger partial charge in [0.25, 0.3) is 5.91 Å². The van der Waals surface area contributed by atoms with Crippen molar-refractivity contribution >= 4 is 23.5 Å². The van der Waals surface area contributed by atoms with Crippen LogP contribution in [-0.4, -0.2) is 34.8 Å². The Balaban J connectivity index is 1.76. The van der Waals surface area contributed by atoms with Crippen LogP contribution in [0.3, 0.4) is 0 Å². The van der Waals surface area contributed by atoms with Crippen LogP contribution in [0.5, 0.6) is 0 Å². The van der Waals surface area contributed by atoms with Gasteiger partial charge in [-0.05, 0) is 50.3 Å². The predicted octanol–water partition coefficient (Wildman–Crippen LogP) is 4.98. The normalized spacial score (nSPS) is 15.4. The molecule has 3 N–H and O–H groups in total. The first kappa shape index (κ1) is 23.9. The van der Waals surface area contributed by atoms with Crippen molar-refractivity contribution in [2.45, 2.75) is 90.5 Å². The van der Waals surface area contributed by atoms with E-state index < -0.39 is 5.54 Å². The molecule has 1 saturated heterocycles. The number of hydrogen-bond acceptors (Lipinski definition) is 3. The molecule has 1 aliphatic heterocycles. The number of amides is 2. The molecule has 1 aromatic rings. The topological polar surface area (TPSA) is 85.3 Å². The van der Waals surface area contributed by atoms with E-state index in [2.05, 4.69) is 24.5 Å². The van der Waals surface area contributed by atoms with Gasteiger partial charge in [-0.1, -0.05) is 58.1 Å². The Kier molecular flexibility index (Phi) is 9.34. The third kappa shape index (κ3) is 6.57. The van der Waals surface area contributed by atoms with Gasteiger partial charge >= 0.3 is 0 Å². The van der Waals surface area contributed by atoms with E-state index in [0.29, 0.717) is 13.0 Å². The lowest BCUT2D eigenvalue weighted by Gasteiger charge is -2.27. The molecule has 6 nitrogen and oxygen atoms in total. The molecule has 0 aromatic heterocycles. The fourth-order valence-corrected chi connectivity index (χ4v) is 4.02. The molecule has 0 bridgehead atoms. The summed E-state index contributed by atoms with van der Waals surface area (Å²) in [6.45, 7) is 6.81. The second-order valence-corrected chi connectivity index (χ2v) is 8.45. The highest BCUT2D eigenvalue weighted by Crippen LogP contribution is 2.29. The second-order valence-electron chi connectivity index (χ2n) is 8.45. The molecule has 0 unspecified atom stereocenters. The molecule has 1 fully saturated rings. The first-order valence-electron chi connectivity index (χ1n) is 11.5. The number of nitrogens with one attached hydrogen (secondary N) is 3. The lowest BCUT2D eigenvalue weighted by Crippen LogP contribution is -2.47. The third-order valence-electron chi connectivity index (χ3n) is 5.78.